The van der Waals surface area contributed by atoms with Crippen LogP contribution in [0.5, 0.6) is 0 Å². The largest absolute Gasteiger partial charge is 0.349 e. The normalized spacial score (nSPS) is 15.4. The van der Waals surface area contributed by atoms with Crippen LogP contribution in [0.3, 0.4) is 0 Å². The molecule has 5 heteroatoms. The minimum atomic E-state index is -3.79. The van der Waals surface area contributed by atoms with Crippen LogP contribution in [-0.2, 0) is 14.5 Å². The Labute approximate surface area is 173 Å². The fourth-order valence-electron chi connectivity index (χ4n) is 3.15. The molecule has 0 fully saturated rings. The highest BCUT2D eigenvalue weighted by atomic mass is 31.2. The van der Waals surface area contributed by atoms with Crippen LogP contribution in [-0.4, -0.2) is 18.0 Å². The van der Waals surface area contributed by atoms with Crippen molar-refractivity contribution >= 4 is 7.60 Å². The monoisotopic (exact) mass is 411 g/mol. The molecule has 1 rings (SSSR count). The SMILES string of the molecule is CCCCCCCCNC(c1ccc(C(C)(C)C)cc1)P(=O)(O)OCCCC. The summed E-state index contributed by atoms with van der Waals surface area (Å²) >= 11 is 0. The highest BCUT2D eigenvalue weighted by Gasteiger charge is 2.33. The van der Waals surface area contributed by atoms with E-state index in [1.54, 1.807) is 0 Å². The Bertz CT molecular complexity index is 581. The number of rotatable bonds is 14. The second-order valence-corrected chi connectivity index (χ2v) is 10.7. The van der Waals surface area contributed by atoms with Gasteiger partial charge in [-0.25, -0.2) is 0 Å². The maximum Gasteiger partial charge on any atom is 0.349 e. The number of hydrogen-bond acceptors (Lipinski definition) is 3. The molecule has 0 aliphatic carbocycles. The van der Waals surface area contributed by atoms with Gasteiger partial charge in [-0.1, -0.05) is 97.4 Å². The quantitative estimate of drug-likeness (QED) is 0.257. The van der Waals surface area contributed by atoms with Crippen LogP contribution in [0.1, 0.15) is 103 Å². The average molecular weight is 412 g/mol. The van der Waals surface area contributed by atoms with Crippen molar-refractivity contribution in [2.75, 3.05) is 13.2 Å². The maximum atomic E-state index is 12.9. The zero-order chi connectivity index (χ0) is 21.0. The summed E-state index contributed by atoms with van der Waals surface area (Å²) in [4.78, 5) is 10.6. The summed E-state index contributed by atoms with van der Waals surface area (Å²) in [5.74, 6) is -0.672. The predicted octanol–water partition coefficient (Wildman–Crippen LogP) is 6.93. The molecule has 2 N–H and O–H groups in total. The lowest BCUT2D eigenvalue weighted by Crippen LogP contribution is -2.24. The van der Waals surface area contributed by atoms with Gasteiger partial charge in [-0.2, -0.15) is 0 Å². The van der Waals surface area contributed by atoms with E-state index in [0.29, 0.717) is 6.61 Å². The van der Waals surface area contributed by atoms with Gasteiger partial charge in [0, 0.05) is 0 Å². The molecule has 28 heavy (non-hydrogen) atoms. The molecule has 0 saturated heterocycles. The lowest BCUT2D eigenvalue weighted by Gasteiger charge is -2.25. The minimum absolute atomic E-state index is 0.0560. The van der Waals surface area contributed by atoms with Crippen molar-refractivity contribution in [3.05, 3.63) is 35.4 Å². The van der Waals surface area contributed by atoms with Crippen LogP contribution in [0.2, 0.25) is 0 Å². The van der Waals surface area contributed by atoms with Crippen molar-refractivity contribution in [1.82, 2.24) is 5.32 Å². The molecule has 0 amide bonds. The molecule has 0 radical (unpaired) electrons. The third kappa shape index (κ3) is 9.22. The zero-order valence-corrected chi connectivity index (χ0v) is 19.6. The number of nitrogens with one attached hydrogen (secondary N) is 1. The Morgan fingerprint density at radius 1 is 0.964 bits per heavy atom. The van der Waals surface area contributed by atoms with Gasteiger partial charge in [0.15, 0.2) is 0 Å². The van der Waals surface area contributed by atoms with Crippen LogP contribution in [0.25, 0.3) is 0 Å². The second-order valence-electron chi connectivity index (χ2n) is 8.75. The molecular formula is C23H42NO3P. The molecule has 1 aromatic carbocycles. The van der Waals surface area contributed by atoms with E-state index in [4.69, 9.17) is 4.52 Å². The van der Waals surface area contributed by atoms with Crippen LogP contribution in [0.4, 0.5) is 0 Å². The first-order valence-corrected chi connectivity index (χ1v) is 12.7. The number of hydrogen-bond donors (Lipinski definition) is 2. The van der Waals surface area contributed by atoms with E-state index in [2.05, 4.69) is 45.1 Å². The van der Waals surface area contributed by atoms with E-state index in [1.807, 2.05) is 19.1 Å². The standard InChI is InChI=1S/C23H42NO3P/c1-6-8-10-11-12-13-18-24-22(28(25,26)27-19-9-7-2)20-14-16-21(17-15-20)23(3,4)5/h14-17,22,24H,6-13,18-19H2,1-5H3,(H,25,26). The fourth-order valence-corrected chi connectivity index (χ4v) is 4.59. The minimum Gasteiger partial charge on any atom is -0.323 e. The molecule has 0 aliphatic rings. The third-order valence-electron chi connectivity index (χ3n) is 5.06. The highest BCUT2D eigenvalue weighted by molar-refractivity contribution is 7.53. The second kappa shape index (κ2) is 12.8. The predicted molar refractivity (Wildman–Crippen MR) is 120 cm³/mol. The smallest absolute Gasteiger partial charge is 0.323 e. The van der Waals surface area contributed by atoms with Crippen molar-refractivity contribution in [2.24, 2.45) is 0 Å². The van der Waals surface area contributed by atoms with Gasteiger partial charge in [-0.15, -0.1) is 0 Å². The Morgan fingerprint density at radius 3 is 2.11 bits per heavy atom. The van der Waals surface area contributed by atoms with Gasteiger partial charge in [-0.05, 0) is 35.9 Å². The molecule has 0 spiro atoms. The molecule has 0 bridgehead atoms. The van der Waals surface area contributed by atoms with Crippen LogP contribution in [0.15, 0.2) is 24.3 Å². The summed E-state index contributed by atoms with van der Waals surface area (Å²) in [6, 6.07) is 8.04. The molecule has 162 valence electrons. The van der Waals surface area contributed by atoms with E-state index in [-0.39, 0.29) is 5.41 Å². The van der Waals surface area contributed by atoms with Gasteiger partial charge in [-0.3, -0.25) is 9.88 Å². The topological polar surface area (TPSA) is 58.6 Å². The first-order chi connectivity index (χ1) is 13.2. The summed E-state index contributed by atoms with van der Waals surface area (Å²) in [6.45, 7) is 11.8. The Morgan fingerprint density at radius 2 is 1.54 bits per heavy atom. The van der Waals surface area contributed by atoms with Crippen molar-refractivity contribution in [3.8, 4) is 0 Å². The molecule has 4 nitrogen and oxygen atoms in total. The summed E-state index contributed by atoms with van der Waals surface area (Å²) in [5.41, 5.74) is 2.09. The number of unbranched alkanes of at least 4 members (excludes halogenated alkanes) is 6. The molecule has 2 unspecified atom stereocenters. The summed E-state index contributed by atoms with van der Waals surface area (Å²) in [6.07, 6.45) is 8.91. The summed E-state index contributed by atoms with van der Waals surface area (Å²) in [7, 11) is -3.79. The highest BCUT2D eigenvalue weighted by Crippen LogP contribution is 2.55. The van der Waals surface area contributed by atoms with Gasteiger partial charge in [0.25, 0.3) is 0 Å². The van der Waals surface area contributed by atoms with Crippen molar-refractivity contribution in [2.45, 2.75) is 97.2 Å². The van der Waals surface area contributed by atoms with E-state index in [0.717, 1.165) is 37.8 Å². The molecule has 1 aromatic rings. The van der Waals surface area contributed by atoms with Crippen molar-refractivity contribution in [3.63, 3.8) is 0 Å². The molecule has 0 heterocycles. The third-order valence-corrected chi connectivity index (χ3v) is 6.75. The van der Waals surface area contributed by atoms with Crippen LogP contribution in [0, 0.1) is 0 Å². The van der Waals surface area contributed by atoms with E-state index >= 15 is 0 Å². The molecule has 0 saturated carbocycles. The molecule has 0 aliphatic heterocycles. The van der Waals surface area contributed by atoms with Crippen molar-refractivity contribution < 1.29 is 14.0 Å². The van der Waals surface area contributed by atoms with E-state index < -0.39 is 13.4 Å². The summed E-state index contributed by atoms with van der Waals surface area (Å²) < 4.78 is 18.4. The van der Waals surface area contributed by atoms with Gasteiger partial charge in [0.1, 0.15) is 5.78 Å². The maximum absolute atomic E-state index is 12.9. The summed E-state index contributed by atoms with van der Waals surface area (Å²) in [5, 5.41) is 3.31. The van der Waals surface area contributed by atoms with Gasteiger partial charge < -0.3 is 9.42 Å². The van der Waals surface area contributed by atoms with Crippen molar-refractivity contribution in [1.29, 1.82) is 0 Å². The van der Waals surface area contributed by atoms with Crippen LogP contribution < -0.4 is 5.32 Å². The zero-order valence-electron chi connectivity index (χ0n) is 18.7. The molecular weight excluding hydrogens is 369 g/mol. The first-order valence-electron chi connectivity index (χ1n) is 11.0. The fraction of sp³-hybridized carbons (Fsp3) is 0.739. The number of benzene rings is 1. The Kier molecular flexibility index (Phi) is 11.6. The van der Waals surface area contributed by atoms with Crippen LogP contribution >= 0.6 is 7.60 Å². The molecule has 0 aromatic heterocycles. The van der Waals surface area contributed by atoms with Gasteiger partial charge in [0.2, 0.25) is 0 Å². The van der Waals surface area contributed by atoms with E-state index in [1.165, 1.54) is 31.2 Å². The van der Waals surface area contributed by atoms with Gasteiger partial charge in [0.05, 0.1) is 6.61 Å². The average Bonchev–Trinajstić information content (AvgIpc) is 2.63. The molecule has 2 atom stereocenters. The Hall–Kier alpha value is -0.670. The first kappa shape index (κ1) is 25.4. The Balaban J connectivity index is 2.79. The van der Waals surface area contributed by atoms with Gasteiger partial charge >= 0.3 is 7.60 Å². The van der Waals surface area contributed by atoms with E-state index in [9.17, 15) is 9.46 Å². The lowest BCUT2D eigenvalue weighted by molar-refractivity contribution is 0.242. The lowest BCUT2D eigenvalue weighted by atomic mass is 9.87.